The number of ether oxygens (including phenoxy) is 2. The van der Waals surface area contributed by atoms with E-state index in [1.807, 2.05) is 18.7 Å². The maximum absolute atomic E-state index is 12.5. The van der Waals surface area contributed by atoms with Gasteiger partial charge < -0.3 is 19.5 Å². The number of likely N-dealkylation sites (tertiary alicyclic amines) is 1. The molecule has 0 unspecified atom stereocenters. The number of amides is 1. The highest BCUT2D eigenvalue weighted by Gasteiger charge is 2.28. The summed E-state index contributed by atoms with van der Waals surface area (Å²) in [4.78, 5) is 38.9. The van der Waals surface area contributed by atoms with Crippen molar-refractivity contribution in [3.8, 4) is 0 Å². The Morgan fingerprint density at radius 3 is 1.92 bits per heavy atom. The first-order chi connectivity index (χ1) is 12.5. The normalized spacial score (nSPS) is 14.6. The molecule has 150 valence electrons. The molecule has 1 fully saturated rings. The summed E-state index contributed by atoms with van der Waals surface area (Å²) in [6, 6.07) is 0. The molecule has 1 aliphatic heterocycles. The van der Waals surface area contributed by atoms with E-state index in [1.54, 1.807) is 4.90 Å². The molecule has 0 aromatic heterocycles. The lowest BCUT2D eigenvalue weighted by Gasteiger charge is -2.38. The zero-order valence-electron chi connectivity index (χ0n) is 15.9. The van der Waals surface area contributed by atoms with Gasteiger partial charge in [0.1, 0.15) is 13.2 Å². The van der Waals surface area contributed by atoms with Gasteiger partial charge >= 0.3 is 11.9 Å². The molecule has 1 saturated heterocycles. The Balaban J connectivity index is 2.41. The van der Waals surface area contributed by atoms with Crippen LogP contribution in [0.5, 0.6) is 0 Å². The molecule has 26 heavy (non-hydrogen) atoms. The lowest BCUT2D eigenvalue weighted by atomic mass is 10.0. The molecule has 1 heterocycles. The molecule has 0 aliphatic carbocycles. The zero-order chi connectivity index (χ0) is 19.4. The Morgan fingerprint density at radius 2 is 1.50 bits per heavy atom. The molecular formula is C18H32N2O6. The number of carbonyl (C=O) groups excluding carboxylic acids is 3. The number of hydrogen-bond acceptors (Lipinski definition) is 7. The van der Waals surface area contributed by atoms with Crippen LogP contribution in [0.1, 0.15) is 39.5 Å². The fourth-order valence-corrected chi connectivity index (χ4v) is 2.67. The van der Waals surface area contributed by atoms with E-state index in [0.29, 0.717) is 25.9 Å². The molecule has 0 saturated carbocycles. The summed E-state index contributed by atoms with van der Waals surface area (Å²) in [5.74, 6) is -0.411. The van der Waals surface area contributed by atoms with Gasteiger partial charge in [0.15, 0.2) is 0 Å². The van der Waals surface area contributed by atoms with E-state index in [9.17, 15) is 14.4 Å². The number of aliphatic hydroxyl groups excluding tert-OH is 1. The predicted octanol–water partition coefficient (Wildman–Crippen LogP) is 0.426. The van der Waals surface area contributed by atoms with Crippen molar-refractivity contribution in [1.82, 2.24) is 9.80 Å². The van der Waals surface area contributed by atoms with Crippen LogP contribution in [-0.2, 0) is 23.9 Å². The number of hydrogen-bond donors (Lipinski definition) is 1. The molecule has 0 aromatic carbocycles. The van der Waals surface area contributed by atoms with Crippen LogP contribution in [0.25, 0.3) is 0 Å². The minimum Gasteiger partial charge on any atom is -0.464 e. The molecule has 1 N–H and O–H groups in total. The Kier molecular flexibility index (Phi) is 10.9. The van der Waals surface area contributed by atoms with Crippen LogP contribution in [0.4, 0.5) is 0 Å². The maximum Gasteiger partial charge on any atom is 0.305 e. The number of nitrogens with zero attached hydrogens (tertiary/aromatic N) is 2. The third-order valence-electron chi connectivity index (χ3n) is 4.16. The fourth-order valence-electron chi connectivity index (χ4n) is 2.67. The van der Waals surface area contributed by atoms with Crippen molar-refractivity contribution in [2.75, 3.05) is 52.5 Å². The van der Waals surface area contributed by atoms with E-state index < -0.39 is 0 Å². The second kappa shape index (κ2) is 12.6. The first-order valence-corrected chi connectivity index (χ1v) is 9.42. The van der Waals surface area contributed by atoms with Crippen molar-refractivity contribution in [2.45, 2.75) is 39.5 Å². The first kappa shape index (κ1) is 22.4. The van der Waals surface area contributed by atoms with Crippen LogP contribution in [0.3, 0.4) is 0 Å². The van der Waals surface area contributed by atoms with Crippen LogP contribution < -0.4 is 0 Å². The number of esters is 2. The largest absolute Gasteiger partial charge is 0.464 e. The van der Waals surface area contributed by atoms with Crippen molar-refractivity contribution in [3.63, 3.8) is 0 Å². The maximum atomic E-state index is 12.5. The highest BCUT2D eigenvalue weighted by molar-refractivity contribution is 5.78. The average molecular weight is 372 g/mol. The van der Waals surface area contributed by atoms with Crippen LogP contribution in [0, 0.1) is 5.92 Å². The molecule has 8 nitrogen and oxygen atoms in total. The first-order valence-electron chi connectivity index (χ1n) is 9.42. The van der Waals surface area contributed by atoms with Gasteiger partial charge in [-0.3, -0.25) is 19.3 Å². The van der Waals surface area contributed by atoms with Gasteiger partial charge in [0.2, 0.25) is 5.91 Å². The standard InChI is InChI=1S/C18H32N2O6/c1-3-5-17(23)25-9-7-20(8-10-26-18(24)6-4-2)16(22)13-19-11-15(12-19)14-21/h15,21H,3-14H2,1-2H3. The number of aliphatic hydroxyl groups is 1. The van der Waals surface area contributed by atoms with Crippen molar-refractivity contribution in [2.24, 2.45) is 5.92 Å². The predicted molar refractivity (Wildman–Crippen MR) is 95.3 cm³/mol. The summed E-state index contributed by atoms with van der Waals surface area (Å²) < 4.78 is 10.2. The lowest BCUT2D eigenvalue weighted by Crippen LogP contribution is -2.53. The van der Waals surface area contributed by atoms with E-state index in [0.717, 1.165) is 12.8 Å². The summed E-state index contributed by atoms with van der Waals surface area (Å²) in [6.07, 6.45) is 2.16. The van der Waals surface area contributed by atoms with Gasteiger partial charge in [0.05, 0.1) is 19.6 Å². The van der Waals surface area contributed by atoms with Crippen LogP contribution >= 0.6 is 0 Å². The quantitative estimate of drug-likeness (QED) is 0.468. The van der Waals surface area contributed by atoms with Crippen molar-refractivity contribution < 1.29 is 29.0 Å². The van der Waals surface area contributed by atoms with Gasteiger partial charge in [0, 0.05) is 38.5 Å². The average Bonchev–Trinajstić information content (AvgIpc) is 2.56. The van der Waals surface area contributed by atoms with E-state index >= 15 is 0 Å². The molecule has 1 amide bonds. The molecule has 1 rings (SSSR count). The summed E-state index contributed by atoms with van der Waals surface area (Å²) in [5, 5.41) is 9.05. The Hall–Kier alpha value is -1.67. The summed E-state index contributed by atoms with van der Waals surface area (Å²) in [7, 11) is 0. The van der Waals surface area contributed by atoms with Crippen LogP contribution in [-0.4, -0.2) is 85.3 Å². The zero-order valence-corrected chi connectivity index (χ0v) is 15.9. The molecule has 1 aliphatic rings. The Labute approximate surface area is 155 Å². The Bertz CT molecular complexity index is 427. The number of carbonyl (C=O) groups is 3. The molecule has 0 bridgehead atoms. The van der Waals surface area contributed by atoms with Gasteiger partial charge in [-0.05, 0) is 12.8 Å². The van der Waals surface area contributed by atoms with Gasteiger partial charge in [-0.25, -0.2) is 0 Å². The topological polar surface area (TPSA) is 96.4 Å². The smallest absolute Gasteiger partial charge is 0.305 e. The second-order valence-electron chi connectivity index (χ2n) is 6.56. The van der Waals surface area contributed by atoms with Crippen molar-refractivity contribution in [3.05, 3.63) is 0 Å². The summed E-state index contributed by atoms with van der Waals surface area (Å²) in [6.45, 7) is 6.40. The third-order valence-corrected chi connectivity index (χ3v) is 4.16. The lowest BCUT2D eigenvalue weighted by molar-refractivity contribution is -0.148. The fraction of sp³-hybridized carbons (Fsp3) is 0.833. The molecule has 0 spiro atoms. The van der Waals surface area contributed by atoms with Crippen LogP contribution in [0.2, 0.25) is 0 Å². The SMILES string of the molecule is CCCC(=O)OCCN(CCOC(=O)CCC)C(=O)CN1CC(CO)C1. The minimum atomic E-state index is -0.275. The molecule has 0 aromatic rings. The summed E-state index contributed by atoms with van der Waals surface area (Å²) >= 11 is 0. The van der Waals surface area contributed by atoms with Gasteiger partial charge in [-0.15, -0.1) is 0 Å². The highest BCUT2D eigenvalue weighted by atomic mass is 16.5. The summed E-state index contributed by atoms with van der Waals surface area (Å²) in [5.41, 5.74) is 0. The Morgan fingerprint density at radius 1 is 1.00 bits per heavy atom. The monoisotopic (exact) mass is 372 g/mol. The van der Waals surface area contributed by atoms with E-state index in [-0.39, 0.29) is 63.2 Å². The minimum absolute atomic E-state index is 0.0977. The van der Waals surface area contributed by atoms with Crippen molar-refractivity contribution >= 4 is 17.8 Å². The van der Waals surface area contributed by atoms with Gasteiger partial charge in [-0.1, -0.05) is 13.8 Å². The van der Waals surface area contributed by atoms with Gasteiger partial charge in [0.25, 0.3) is 0 Å². The third kappa shape index (κ3) is 8.62. The molecule has 0 radical (unpaired) electrons. The van der Waals surface area contributed by atoms with E-state index in [2.05, 4.69) is 0 Å². The van der Waals surface area contributed by atoms with Crippen LogP contribution in [0.15, 0.2) is 0 Å². The second-order valence-corrected chi connectivity index (χ2v) is 6.56. The highest BCUT2D eigenvalue weighted by Crippen LogP contribution is 2.14. The van der Waals surface area contributed by atoms with Gasteiger partial charge in [-0.2, -0.15) is 0 Å². The van der Waals surface area contributed by atoms with E-state index in [1.165, 1.54) is 0 Å². The van der Waals surface area contributed by atoms with Crippen molar-refractivity contribution in [1.29, 1.82) is 0 Å². The van der Waals surface area contributed by atoms with E-state index in [4.69, 9.17) is 14.6 Å². The molecule has 0 atom stereocenters. The molecular weight excluding hydrogens is 340 g/mol. The molecule has 8 heteroatoms. The number of rotatable bonds is 13.